The predicted octanol–water partition coefficient (Wildman–Crippen LogP) is 2.00. The fourth-order valence-electron chi connectivity index (χ4n) is 2.58. The van der Waals surface area contributed by atoms with Crippen molar-refractivity contribution in [1.29, 1.82) is 0 Å². The molecule has 0 bridgehead atoms. The Morgan fingerprint density at radius 2 is 2.09 bits per heavy atom. The molecule has 1 saturated heterocycles. The van der Waals surface area contributed by atoms with Crippen LogP contribution in [0.5, 0.6) is 5.75 Å². The first-order valence-corrected chi connectivity index (χ1v) is 8.39. The Hall–Kier alpha value is -1.71. The van der Waals surface area contributed by atoms with Gasteiger partial charge in [0.25, 0.3) is 5.91 Å². The van der Waals surface area contributed by atoms with Gasteiger partial charge in [0.15, 0.2) is 0 Å². The summed E-state index contributed by atoms with van der Waals surface area (Å²) in [6, 6.07) is 3.35. The smallest absolute Gasteiger partial charge is 0.407 e. The molecule has 126 valence electrons. The predicted molar refractivity (Wildman–Crippen MR) is 94.8 cm³/mol. The topological polar surface area (TPSA) is 105 Å². The van der Waals surface area contributed by atoms with Crippen LogP contribution in [0.3, 0.4) is 0 Å². The molecule has 2 amide bonds. The summed E-state index contributed by atoms with van der Waals surface area (Å²) in [5, 5.41) is 11.8. The molecule has 0 atom stereocenters. The third-order valence-electron chi connectivity index (χ3n) is 4.00. The minimum atomic E-state index is -0.881. The van der Waals surface area contributed by atoms with Gasteiger partial charge >= 0.3 is 6.09 Å². The number of nitrogens with two attached hydrogens (primary N) is 1. The molecule has 0 aliphatic carbocycles. The SMILES string of the molecule is COc1cc(N)c(I)cc1C(=O)NCC1CCN(C(=O)O)CC1. The van der Waals surface area contributed by atoms with Crippen molar-refractivity contribution in [3.63, 3.8) is 0 Å². The third kappa shape index (κ3) is 4.40. The number of halogens is 1. The number of carbonyl (C=O) groups excluding carboxylic acids is 1. The summed E-state index contributed by atoms with van der Waals surface area (Å²) in [5.74, 6) is 0.523. The third-order valence-corrected chi connectivity index (χ3v) is 4.93. The number of amides is 2. The van der Waals surface area contributed by atoms with Gasteiger partial charge in [-0.3, -0.25) is 4.79 Å². The number of piperidine rings is 1. The highest BCUT2D eigenvalue weighted by atomic mass is 127. The quantitative estimate of drug-likeness (QED) is 0.498. The van der Waals surface area contributed by atoms with Crippen molar-refractivity contribution in [1.82, 2.24) is 10.2 Å². The van der Waals surface area contributed by atoms with Gasteiger partial charge in [-0.15, -0.1) is 0 Å². The Bertz CT molecular complexity index is 601. The van der Waals surface area contributed by atoms with E-state index in [1.807, 2.05) is 0 Å². The summed E-state index contributed by atoms with van der Waals surface area (Å²) in [6.45, 7) is 1.55. The fraction of sp³-hybridized carbons (Fsp3) is 0.467. The largest absolute Gasteiger partial charge is 0.496 e. The maximum atomic E-state index is 12.4. The molecular formula is C15H20IN3O4. The normalized spacial score (nSPS) is 15.3. The molecule has 1 fully saturated rings. The molecule has 4 N–H and O–H groups in total. The van der Waals surface area contributed by atoms with Gasteiger partial charge in [0.2, 0.25) is 0 Å². The van der Waals surface area contributed by atoms with Gasteiger partial charge in [-0.2, -0.15) is 0 Å². The second-order valence-corrected chi connectivity index (χ2v) is 6.66. The first kappa shape index (κ1) is 17.6. The number of nitrogens with zero attached hydrogens (tertiary/aromatic N) is 1. The second kappa shape index (κ2) is 7.71. The van der Waals surface area contributed by atoms with Crippen LogP contribution in [0.2, 0.25) is 0 Å². The van der Waals surface area contributed by atoms with Gasteiger partial charge in [0.1, 0.15) is 5.75 Å². The molecule has 1 aromatic carbocycles. The van der Waals surface area contributed by atoms with Crippen molar-refractivity contribution in [3.8, 4) is 5.75 Å². The van der Waals surface area contributed by atoms with E-state index in [0.717, 1.165) is 16.4 Å². The van der Waals surface area contributed by atoms with Gasteiger partial charge < -0.3 is 25.8 Å². The number of methoxy groups -OCH3 is 1. The maximum Gasteiger partial charge on any atom is 0.407 e. The van der Waals surface area contributed by atoms with E-state index in [9.17, 15) is 9.59 Å². The zero-order chi connectivity index (χ0) is 17.0. The molecule has 1 aromatic rings. The summed E-state index contributed by atoms with van der Waals surface area (Å²) in [7, 11) is 1.50. The van der Waals surface area contributed by atoms with E-state index in [2.05, 4.69) is 27.9 Å². The average Bonchev–Trinajstić information content (AvgIpc) is 2.55. The lowest BCUT2D eigenvalue weighted by atomic mass is 9.97. The van der Waals surface area contributed by atoms with E-state index in [1.165, 1.54) is 12.0 Å². The number of nitrogen functional groups attached to an aromatic ring is 1. The minimum Gasteiger partial charge on any atom is -0.496 e. The van der Waals surface area contributed by atoms with Gasteiger partial charge in [-0.25, -0.2) is 4.79 Å². The van der Waals surface area contributed by atoms with Crippen LogP contribution in [0.15, 0.2) is 12.1 Å². The van der Waals surface area contributed by atoms with E-state index in [1.54, 1.807) is 12.1 Å². The van der Waals surface area contributed by atoms with Crippen LogP contribution in [0.4, 0.5) is 10.5 Å². The first-order valence-electron chi connectivity index (χ1n) is 7.31. The molecule has 23 heavy (non-hydrogen) atoms. The first-order chi connectivity index (χ1) is 10.9. The standard InChI is InChI=1S/C15H20IN3O4/c1-23-13-7-12(17)11(16)6-10(13)14(20)18-8-9-2-4-19(5-3-9)15(21)22/h6-7,9H,2-5,8,17H2,1H3,(H,18,20)(H,21,22). The van der Waals surface area contributed by atoms with Gasteiger partial charge in [0, 0.05) is 35.0 Å². The molecule has 0 spiro atoms. The molecule has 0 unspecified atom stereocenters. The molecular weight excluding hydrogens is 413 g/mol. The number of rotatable bonds is 4. The van der Waals surface area contributed by atoms with E-state index < -0.39 is 6.09 Å². The van der Waals surface area contributed by atoms with Gasteiger partial charge in [-0.1, -0.05) is 0 Å². The van der Waals surface area contributed by atoms with Crippen LogP contribution < -0.4 is 15.8 Å². The number of likely N-dealkylation sites (tertiary alicyclic amines) is 1. The number of ether oxygens (including phenoxy) is 1. The van der Waals surface area contributed by atoms with Crippen LogP contribution >= 0.6 is 22.6 Å². The van der Waals surface area contributed by atoms with E-state index in [4.69, 9.17) is 15.6 Å². The Kier molecular flexibility index (Phi) is 5.91. The Morgan fingerprint density at radius 1 is 1.43 bits per heavy atom. The number of carbonyl (C=O) groups is 2. The summed E-state index contributed by atoms with van der Waals surface area (Å²) in [5.41, 5.74) is 6.84. The molecule has 0 radical (unpaired) electrons. The van der Waals surface area contributed by atoms with Crippen molar-refractivity contribution >= 4 is 40.3 Å². The molecule has 1 aliphatic rings. The minimum absolute atomic E-state index is 0.208. The highest BCUT2D eigenvalue weighted by Crippen LogP contribution is 2.26. The van der Waals surface area contributed by atoms with Crippen LogP contribution in [0.1, 0.15) is 23.2 Å². The lowest BCUT2D eigenvalue weighted by Gasteiger charge is -2.30. The number of carboxylic acid groups (broad SMARTS) is 1. The van der Waals surface area contributed by atoms with Crippen molar-refractivity contribution in [2.45, 2.75) is 12.8 Å². The van der Waals surface area contributed by atoms with Crippen LogP contribution in [-0.2, 0) is 0 Å². The zero-order valence-corrected chi connectivity index (χ0v) is 15.0. The zero-order valence-electron chi connectivity index (χ0n) is 12.8. The maximum absolute atomic E-state index is 12.4. The van der Waals surface area contributed by atoms with Crippen LogP contribution in [-0.4, -0.2) is 48.8 Å². The summed E-state index contributed by atoms with van der Waals surface area (Å²) >= 11 is 2.07. The Balaban J connectivity index is 1.93. The molecule has 7 nitrogen and oxygen atoms in total. The number of nitrogens with one attached hydrogen (secondary N) is 1. The summed E-state index contributed by atoms with van der Waals surface area (Å²) < 4.78 is 6.01. The molecule has 1 heterocycles. The lowest BCUT2D eigenvalue weighted by Crippen LogP contribution is -2.41. The van der Waals surface area contributed by atoms with E-state index in [-0.39, 0.29) is 11.8 Å². The Morgan fingerprint density at radius 3 is 2.65 bits per heavy atom. The lowest BCUT2D eigenvalue weighted by molar-refractivity contribution is 0.0925. The molecule has 2 rings (SSSR count). The average molecular weight is 433 g/mol. The Labute approximate surface area is 148 Å². The van der Waals surface area contributed by atoms with Crippen molar-refractivity contribution in [3.05, 3.63) is 21.3 Å². The van der Waals surface area contributed by atoms with Gasteiger partial charge in [-0.05, 0) is 47.4 Å². The molecule has 0 aromatic heterocycles. The fourth-order valence-corrected chi connectivity index (χ4v) is 3.04. The molecule has 1 aliphatic heterocycles. The van der Waals surface area contributed by atoms with Crippen molar-refractivity contribution in [2.24, 2.45) is 5.92 Å². The monoisotopic (exact) mass is 433 g/mol. The van der Waals surface area contributed by atoms with Crippen molar-refractivity contribution < 1.29 is 19.4 Å². The summed E-state index contributed by atoms with van der Waals surface area (Å²) in [4.78, 5) is 24.6. The van der Waals surface area contributed by atoms with Crippen molar-refractivity contribution in [2.75, 3.05) is 32.5 Å². The van der Waals surface area contributed by atoms with Crippen LogP contribution in [0.25, 0.3) is 0 Å². The highest BCUT2D eigenvalue weighted by Gasteiger charge is 2.23. The second-order valence-electron chi connectivity index (χ2n) is 5.50. The van der Waals surface area contributed by atoms with Gasteiger partial charge in [0.05, 0.1) is 12.7 Å². The molecule has 0 saturated carbocycles. The number of anilines is 1. The number of hydrogen-bond donors (Lipinski definition) is 3. The van der Waals surface area contributed by atoms with E-state index in [0.29, 0.717) is 36.6 Å². The molecule has 8 heteroatoms. The number of hydrogen-bond acceptors (Lipinski definition) is 4. The summed E-state index contributed by atoms with van der Waals surface area (Å²) in [6.07, 6.45) is 0.625. The highest BCUT2D eigenvalue weighted by molar-refractivity contribution is 14.1. The van der Waals surface area contributed by atoms with E-state index >= 15 is 0 Å². The van der Waals surface area contributed by atoms with Crippen LogP contribution in [0, 0.1) is 9.49 Å². The number of benzene rings is 1.